The molecule has 4 unspecified atom stereocenters. The maximum atomic E-state index is 11.3. The maximum Gasteiger partial charge on any atom is 0.271 e. The van der Waals surface area contributed by atoms with Crippen LogP contribution in [0.2, 0.25) is 0 Å². The lowest BCUT2D eigenvalue weighted by molar-refractivity contribution is 0.0531. The fraction of sp³-hybridized carbons (Fsp3) is 0.704. The molecule has 13 heteroatoms. The number of halogens is 2. The van der Waals surface area contributed by atoms with E-state index in [9.17, 15) is 12.6 Å². The lowest BCUT2D eigenvalue weighted by atomic mass is 9.85. The molecule has 0 bridgehead atoms. The Labute approximate surface area is 265 Å². The molecule has 4 atom stereocenters. The number of fused-ring (bicyclic) bond motifs is 2. The molecule has 236 valence electrons. The van der Waals surface area contributed by atoms with E-state index in [4.69, 9.17) is 36.5 Å². The van der Waals surface area contributed by atoms with Crippen LogP contribution >= 0.6 is 51.9 Å². The molecule has 6 nitrogen and oxygen atoms in total. The monoisotopic (exact) mass is 697 g/mol. The van der Waals surface area contributed by atoms with E-state index in [-0.39, 0.29) is 19.5 Å². The number of ether oxygens (including phenoxy) is 2. The molecule has 0 radical (unpaired) electrons. The van der Waals surface area contributed by atoms with Crippen molar-refractivity contribution in [2.24, 2.45) is 11.1 Å². The van der Waals surface area contributed by atoms with Crippen molar-refractivity contribution in [3.05, 3.63) is 33.0 Å². The number of nitrogens with two attached hydrogens (primary N) is 1. The highest BCUT2D eigenvalue weighted by Gasteiger charge is 2.29. The molecule has 0 spiro atoms. The SMILES string of the molecule is CC.CC.CC.COC1CCc2c(csc2S(=O)(=O)Cl)C1.COC1Cc2csc(S(N)=O)c2CC1C.CP(C)Cl. The smallest absolute Gasteiger partial charge is 0.271 e. The molecule has 0 amide bonds. The third kappa shape index (κ3) is 14.2. The summed E-state index contributed by atoms with van der Waals surface area (Å²) in [5.41, 5.74) is 4.42. The van der Waals surface area contributed by atoms with Gasteiger partial charge in [-0.25, -0.2) is 17.8 Å². The first kappa shape index (κ1) is 42.5. The fourth-order valence-electron chi connectivity index (χ4n) is 4.03. The minimum Gasteiger partial charge on any atom is -0.381 e. The Morgan fingerprint density at radius 1 is 0.950 bits per heavy atom. The first-order valence-corrected chi connectivity index (χ1v) is 22.0. The zero-order chi connectivity index (χ0) is 31.6. The van der Waals surface area contributed by atoms with E-state index in [1.165, 1.54) is 33.8 Å². The van der Waals surface area contributed by atoms with E-state index in [1.807, 2.05) is 60.3 Å². The van der Waals surface area contributed by atoms with E-state index < -0.39 is 20.0 Å². The van der Waals surface area contributed by atoms with Crippen molar-refractivity contribution in [3.8, 4) is 0 Å². The number of rotatable bonds is 4. The summed E-state index contributed by atoms with van der Waals surface area (Å²) in [6.07, 6.45) is 4.72. The van der Waals surface area contributed by atoms with Gasteiger partial charge < -0.3 is 9.47 Å². The van der Waals surface area contributed by atoms with Crippen molar-refractivity contribution in [3.63, 3.8) is 0 Å². The normalized spacial score (nSPS) is 19.6. The molecular weight excluding hydrogens is 648 g/mol. The molecule has 0 fully saturated rings. The molecule has 0 aromatic carbocycles. The van der Waals surface area contributed by atoms with Crippen LogP contribution < -0.4 is 5.14 Å². The minimum atomic E-state index is -3.58. The second-order valence-corrected chi connectivity index (χ2v) is 17.7. The van der Waals surface area contributed by atoms with Crippen molar-refractivity contribution in [2.75, 3.05) is 27.5 Å². The molecule has 0 aliphatic heterocycles. The summed E-state index contributed by atoms with van der Waals surface area (Å²) in [6, 6.07) is 0. The molecule has 2 N–H and O–H groups in total. The van der Waals surface area contributed by atoms with Crippen LogP contribution in [0.4, 0.5) is 0 Å². The van der Waals surface area contributed by atoms with Gasteiger partial charge in [-0.2, -0.15) is 0 Å². The predicted octanol–water partition coefficient (Wildman–Crippen LogP) is 8.62. The highest BCUT2D eigenvalue weighted by Crippen LogP contribution is 2.36. The zero-order valence-corrected chi connectivity index (χ0v) is 31.5. The van der Waals surface area contributed by atoms with Gasteiger partial charge in [-0.1, -0.05) is 59.7 Å². The largest absolute Gasteiger partial charge is 0.381 e. The van der Waals surface area contributed by atoms with Crippen LogP contribution in [0, 0.1) is 5.92 Å². The first-order chi connectivity index (χ1) is 18.9. The quantitative estimate of drug-likeness (QED) is 0.255. The van der Waals surface area contributed by atoms with E-state index >= 15 is 0 Å². The van der Waals surface area contributed by atoms with E-state index in [1.54, 1.807) is 14.2 Å². The third-order valence-corrected chi connectivity index (χ3v) is 11.2. The van der Waals surface area contributed by atoms with Gasteiger partial charge in [0.15, 0.2) is 0 Å². The molecule has 40 heavy (non-hydrogen) atoms. The average Bonchev–Trinajstić information content (AvgIpc) is 3.55. The number of thiophene rings is 2. The lowest BCUT2D eigenvalue weighted by Gasteiger charge is -2.28. The van der Waals surface area contributed by atoms with Gasteiger partial charge in [0.2, 0.25) is 0 Å². The van der Waals surface area contributed by atoms with Gasteiger partial charge in [0, 0.05) is 31.3 Å². The summed E-state index contributed by atoms with van der Waals surface area (Å²) in [4.78, 5) is 0. The molecule has 2 aliphatic rings. The highest BCUT2D eigenvalue weighted by atomic mass is 35.7. The maximum absolute atomic E-state index is 11.3. The molecule has 2 aromatic heterocycles. The van der Waals surface area contributed by atoms with Gasteiger partial charge in [-0.15, -0.1) is 22.7 Å². The number of hydrogen-bond donors (Lipinski definition) is 1. The Kier molecular flexibility index (Phi) is 24.3. The second-order valence-electron chi connectivity index (χ2n) is 8.33. The van der Waals surface area contributed by atoms with Gasteiger partial charge in [-0.05, 0) is 85.2 Å². The van der Waals surface area contributed by atoms with Gasteiger partial charge in [-0.3, -0.25) is 0 Å². The molecule has 2 aromatic rings. The summed E-state index contributed by atoms with van der Waals surface area (Å²) in [7, 11) is 3.73. The van der Waals surface area contributed by atoms with Gasteiger partial charge >= 0.3 is 0 Å². The number of hydrogen-bond acceptors (Lipinski definition) is 7. The Morgan fingerprint density at radius 3 is 1.90 bits per heavy atom. The minimum absolute atomic E-state index is 0.148. The van der Waals surface area contributed by atoms with Crippen LogP contribution in [0.3, 0.4) is 0 Å². The van der Waals surface area contributed by atoms with Crippen LogP contribution in [0.25, 0.3) is 0 Å². The zero-order valence-electron chi connectivity index (χ0n) is 25.9. The van der Waals surface area contributed by atoms with Crippen LogP contribution in [0.5, 0.6) is 0 Å². The Balaban J connectivity index is 0. The van der Waals surface area contributed by atoms with E-state index in [2.05, 4.69) is 12.3 Å². The summed E-state index contributed by atoms with van der Waals surface area (Å²) < 4.78 is 45.7. The fourth-order valence-corrected chi connectivity index (χ4v) is 8.46. The first-order valence-electron chi connectivity index (χ1n) is 13.6. The summed E-state index contributed by atoms with van der Waals surface area (Å²) >= 11 is 8.06. The van der Waals surface area contributed by atoms with Crippen LogP contribution in [0.15, 0.2) is 19.2 Å². The van der Waals surface area contributed by atoms with Crippen molar-refractivity contribution in [1.82, 2.24) is 0 Å². The second kappa shape index (κ2) is 22.9. The standard InChI is InChI=1S/C10H15NO2S2.C9H11ClO3S2.C2H6ClP.3C2H6/c1-6-3-8-7(4-9(6)13-2)5-14-10(8)15(11)12;1-13-7-2-3-8-6(4-7)5-14-9(8)15(10,11)12;1-4(2)3;3*1-2/h5-6,9H,3-4,11H2,1-2H3;5,7H,2-4H2,1H3;1-2H3;3*1-2H3. The van der Waals surface area contributed by atoms with Crippen LogP contribution in [0.1, 0.15) is 77.1 Å². The topological polar surface area (TPSA) is 95.7 Å². The van der Waals surface area contributed by atoms with E-state index in [0.29, 0.717) is 10.1 Å². The molecular formula is C27H50Cl2NO5PS4. The molecule has 0 saturated heterocycles. The predicted molar refractivity (Wildman–Crippen MR) is 181 cm³/mol. The third-order valence-electron chi connectivity index (χ3n) is 5.67. The molecule has 2 aliphatic carbocycles. The van der Waals surface area contributed by atoms with Gasteiger partial charge in [0.1, 0.15) is 19.4 Å². The van der Waals surface area contributed by atoms with Crippen molar-refractivity contribution in [2.45, 2.75) is 101 Å². The average molecular weight is 699 g/mol. The number of methoxy groups -OCH3 is 2. The van der Waals surface area contributed by atoms with Crippen LogP contribution in [-0.2, 0) is 55.2 Å². The molecule has 0 saturated carbocycles. The van der Waals surface area contributed by atoms with Gasteiger partial charge in [0.25, 0.3) is 9.05 Å². The van der Waals surface area contributed by atoms with Crippen molar-refractivity contribution >= 4 is 71.9 Å². The van der Waals surface area contributed by atoms with Gasteiger partial charge in [0.05, 0.1) is 12.2 Å². The summed E-state index contributed by atoms with van der Waals surface area (Å²) in [5, 5.41) is 9.38. The Bertz CT molecular complexity index is 1070. The van der Waals surface area contributed by atoms with Crippen molar-refractivity contribution < 1.29 is 22.1 Å². The Morgan fingerprint density at radius 2 is 1.45 bits per heavy atom. The lowest BCUT2D eigenvalue weighted by Crippen LogP contribution is -2.29. The highest BCUT2D eigenvalue weighted by molar-refractivity contribution is 8.15. The van der Waals surface area contributed by atoms with E-state index in [0.717, 1.165) is 47.4 Å². The Hall–Kier alpha value is 0.390. The summed E-state index contributed by atoms with van der Waals surface area (Å²) in [5.74, 6) is 0.472. The van der Waals surface area contributed by atoms with Crippen molar-refractivity contribution in [1.29, 1.82) is 0 Å². The summed E-state index contributed by atoms with van der Waals surface area (Å²) in [6.45, 7) is 18.2. The van der Waals surface area contributed by atoms with Crippen LogP contribution in [-0.4, -0.2) is 52.4 Å². The molecule has 2 heterocycles. The molecule has 4 rings (SSSR count).